The molecule has 0 amide bonds. The maximum atomic E-state index is 13.2. The number of anilines is 1. The molecule has 0 fully saturated rings. The predicted octanol–water partition coefficient (Wildman–Crippen LogP) is 2.22. The minimum Gasteiger partial charge on any atom is -0.368 e. The first-order chi connectivity index (χ1) is 7.54. The number of nitrogens with zero attached hydrogens (tertiary/aromatic N) is 3. The molecule has 82 valence electrons. The molecule has 0 unspecified atom stereocenters. The van der Waals surface area contributed by atoms with Gasteiger partial charge in [0.1, 0.15) is 5.82 Å². The van der Waals surface area contributed by atoms with Gasteiger partial charge >= 0.3 is 0 Å². The maximum Gasteiger partial charge on any atom is 0.227 e. The molecule has 2 rings (SSSR count). The van der Waals surface area contributed by atoms with Crippen LogP contribution in [0.3, 0.4) is 0 Å². The van der Waals surface area contributed by atoms with Gasteiger partial charge in [-0.2, -0.15) is 15.0 Å². The van der Waals surface area contributed by atoms with Crippen LogP contribution in [0.4, 0.5) is 10.3 Å². The van der Waals surface area contributed by atoms with Gasteiger partial charge in [-0.3, -0.25) is 0 Å². The third kappa shape index (κ3) is 2.25. The quantitative estimate of drug-likeness (QED) is 0.827. The third-order valence-electron chi connectivity index (χ3n) is 1.93. The van der Waals surface area contributed by atoms with E-state index in [1.165, 1.54) is 12.1 Å². The van der Waals surface area contributed by atoms with Crippen molar-refractivity contribution in [2.24, 2.45) is 0 Å². The molecule has 0 saturated carbocycles. The van der Waals surface area contributed by atoms with Crippen LogP contribution in [0.25, 0.3) is 11.4 Å². The summed E-state index contributed by atoms with van der Waals surface area (Å²) in [5, 5.41) is -0.00980. The van der Waals surface area contributed by atoms with Crippen molar-refractivity contribution in [3.63, 3.8) is 0 Å². The van der Waals surface area contributed by atoms with E-state index in [0.717, 1.165) is 5.56 Å². The number of aryl methyl sites for hydroxylation is 1. The van der Waals surface area contributed by atoms with Crippen LogP contribution < -0.4 is 5.73 Å². The number of hydrogen-bond acceptors (Lipinski definition) is 4. The summed E-state index contributed by atoms with van der Waals surface area (Å²) in [4.78, 5) is 11.4. The lowest BCUT2D eigenvalue weighted by Gasteiger charge is -2.03. The van der Waals surface area contributed by atoms with Crippen molar-refractivity contribution in [1.82, 2.24) is 15.0 Å². The topological polar surface area (TPSA) is 64.7 Å². The van der Waals surface area contributed by atoms with Gasteiger partial charge in [0.15, 0.2) is 5.82 Å². The van der Waals surface area contributed by atoms with E-state index in [9.17, 15) is 4.39 Å². The number of nitrogen functional groups attached to an aromatic ring is 1. The van der Waals surface area contributed by atoms with Crippen molar-refractivity contribution >= 4 is 17.5 Å². The molecule has 0 atom stereocenters. The molecule has 0 bridgehead atoms. The number of nitrogens with two attached hydrogens (primary N) is 1. The average Bonchev–Trinajstić information content (AvgIpc) is 2.14. The molecule has 16 heavy (non-hydrogen) atoms. The lowest BCUT2D eigenvalue weighted by atomic mass is 10.1. The van der Waals surface area contributed by atoms with E-state index in [0.29, 0.717) is 5.56 Å². The molecule has 0 aliphatic carbocycles. The van der Waals surface area contributed by atoms with Gasteiger partial charge in [0.2, 0.25) is 11.2 Å². The average molecular weight is 239 g/mol. The van der Waals surface area contributed by atoms with Crippen molar-refractivity contribution in [1.29, 1.82) is 0 Å². The van der Waals surface area contributed by atoms with Gasteiger partial charge in [0, 0.05) is 5.56 Å². The molecular weight excluding hydrogens is 231 g/mol. The molecule has 2 aromatic rings. The fourth-order valence-electron chi connectivity index (χ4n) is 1.36. The van der Waals surface area contributed by atoms with Crippen LogP contribution in [0.2, 0.25) is 5.28 Å². The van der Waals surface area contributed by atoms with Crippen molar-refractivity contribution < 1.29 is 4.39 Å². The summed E-state index contributed by atoms with van der Waals surface area (Å²) in [5.74, 6) is -0.0814. The Bertz CT molecular complexity index is 454. The highest BCUT2D eigenvalue weighted by Crippen LogP contribution is 2.19. The molecule has 0 saturated heterocycles. The molecule has 1 heterocycles. The van der Waals surface area contributed by atoms with E-state index < -0.39 is 0 Å². The Balaban J connectivity index is 2.57. The van der Waals surface area contributed by atoms with E-state index in [2.05, 4.69) is 15.0 Å². The second kappa shape index (κ2) is 4.02. The zero-order chi connectivity index (χ0) is 11.7. The van der Waals surface area contributed by atoms with E-state index in [1.807, 2.05) is 0 Å². The normalized spacial score (nSPS) is 10.4. The van der Waals surface area contributed by atoms with Crippen LogP contribution in [0.5, 0.6) is 0 Å². The summed E-state index contributed by atoms with van der Waals surface area (Å²) in [6.07, 6.45) is 0. The Morgan fingerprint density at radius 1 is 1.19 bits per heavy atom. The molecule has 0 spiro atoms. The molecule has 0 aliphatic heterocycles. The number of benzene rings is 1. The van der Waals surface area contributed by atoms with Crippen LogP contribution >= 0.6 is 11.6 Å². The fourth-order valence-corrected chi connectivity index (χ4v) is 1.53. The van der Waals surface area contributed by atoms with Gasteiger partial charge in [-0.1, -0.05) is 0 Å². The first-order valence-corrected chi connectivity index (χ1v) is 4.87. The maximum absolute atomic E-state index is 13.2. The highest BCUT2D eigenvalue weighted by molar-refractivity contribution is 6.28. The summed E-state index contributed by atoms with van der Waals surface area (Å²) in [7, 11) is 0. The fraction of sp³-hybridized carbons (Fsp3) is 0.100. The van der Waals surface area contributed by atoms with Crippen LogP contribution in [-0.2, 0) is 0 Å². The molecule has 4 nitrogen and oxygen atoms in total. The van der Waals surface area contributed by atoms with E-state index in [4.69, 9.17) is 17.3 Å². The van der Waals surface area contributed by atoms with Gasteiger partial charge in [-0.15, -0.1) is 0 Å². The van der Waals surface area contributed by atoms with Gasteiger partial charge in [0.25, 0.3) is 0 Å². The molecule has 0 aliphatic rings. The summed E-state index contributed by atoms with van der Waals surface area (Å²) in [5.41, 5.74) is 6.72. The van der Waals surface area contributed by atoms with Gasteiger partial charge < -0.3 is 5.73 Å². The highest BCUT2D eigenvalue weighted by Gasteiger charge is 2.07. The molecular formula is C10H8ClFN4. The zero-order valence-corrected chi connectivity index (χ0v) is 9.16. The van der Waals surface area contributed by atoms with Gasteiger partial charge in [-0.05, 0) is 42.3 Å². The standard InChI is InChI=1S/C10H8ClFN4/c1-5-2-6(4-7(12)3-5)8-14-9(11)16-10(13)15-8/h2-4H,1H3,(H2,13,14,15,16). The van der Waals surface area contributed by atoms with Gasteiger partial charge in [-0.25, -0.2) is 4.39 Å². The second-order valence-electron chi connectivity index (χ2n) is 3.30. The number of hydrogen-bond donors (Lipinski definition) is 1. The van der Waals surface area contributed by atoms with E-state index in [1.54, 1.807) is 13.0 Å². The predicted molar refractivity (Wildman–Crippen MR) is 59.4 cm³/mol. The van der Waals surface area contributed by atoms with E-state index >= 15 is 0 Å². The van der Waals surface area contributed by atoms with Crippen molar-refractivity contribution in [2.75, 3.05) is 5.73 Å². The first kappa shape index (κ1) is 10.8. The van der Waals surface area contributed by atoms with Crippen LogP contribution in [0.15, 0.2) is 18.2 Å². The van der Waals surface area contributed by atoms with Crippen LogP contribution in [-0.4, -0.2) is 15.0 Å². The lowest BCUT2D eigenvalue weighted by molar-refractivity contribution is 0.627. The number of aromatic nitrogens is 3. The van der Waals surface area contributed by atoms with Crippen molar-refractivity contribution in [2.45, 2.75) is 6.92 Å². The number of halogens is 2. The third-order valence-corrected chi connectivity index (χ3v) is 2.09. The SMILES string of the molecule is Cc1cc(F)cc(-c2nc(N)nc(Cl)n2)c1. The minimum atomic E-state index is -0.356. The summed E-state index contributed by atoms with van der Waals surface area (Å²) < 4.78 is 13.2. The van der Waals surface area contributed by atoms with Crippen LogP contribution in [0, 0.1) is 12.7 Å². The summed E-state index contributed by atoms with van der Waals surface area (Å²) in [6.45, 7) is 1.78. The van der Waals surface area contributed by atoms with Crippen molar-refractivity contribution in [3.05, 3.63) is 34.9 Å². The lowest BCUT2D eigenvalue weighted by Crippen LogP contribution is -2.00. The second-order valence-corrected chi connectivity index (χ2v) is 3.64. The summed E-state index contributed by atoms with van der Waals surface area (Å²) >= 11 is 5.64. The number of rotatable bonds is 1. The van der Waals surface area contributed by atoms with Crippen LogP contribution in [0.1, 0.15) is 5.56 Å². The Hall–Kier alpha value is -1.75. The Morgan fingerprint density at radius 2 is 1.94 bits per heavy atom. The Morgan fingerprint density at radius 3 is 2.56 bits per heavy atom. The Labute approximate surface area is 96.3 Å². The van der Waals surface area contributed by atoms with E-state index in [-0.39, 0.29) is 22.9 Å². The summed E-state index contributed by atoms with van der Waals surface area (Å²) in [6, 6.07) is 4.47. The Kier molecular flexibility index (Phi) is 2.70. The largest absolute Gasteiger partial charge is 0.368 e. The molecule has 6 heteroatoms. The smallest absolute Gasteiger partial charge is 0.227 e. The van der Waals surface area contributed by atoms with Crippen molar-refractivity contribution in [3.8, 4) is 11.4 Å². The molecule has 1 aromatic carbocycles. The van der Waals surface area contributed by atoms with Gasteiger partial charge in [0.05, 0.1) is 0 Å². The zero-order valence-electron chi connectivity index (χ0n) is 8.41. The molecule has 1 aromatic heterocycles. The first-order valence-electron chi connectivity index (χ1n) is 4.49. The molecule has 0 radical (unpaired) electrons. The molecule has 2 N–H and O–H groups in total. The monoisotopic (exact) mass is 238 g/mol. The highest BCUT2D eigenvalue weighted by atomic mass is 35.5. The minimum absolute atomic E-state index is 0.00980.